The summed E-state index contributed by atoms with van der Waals surface area (Å²) in [5.74, 6) is -0.289. The molecule has 108 valence electrons. The summed E-state index contributed by atoms with van der Waals surface area (Å²) >= 11 is 0. The molecule has 0 spiro atoms. The van der Waals surface area contributed by atoms with E-state index in [-0.39, 0.29) is 23.0 Å². The number of nitrogens with two attached hydrogens (primary N) is 1. The minimum atomic E-state index is -0.341. The Kier molecular flexibility index (Phi) is 3.74. The second-order valence-corrected chi connectivity index (χ2v) is 4.48. The molecule has 0 saturated heterocycles. The smallest absolute Gasteiger partial charge is 0.240 e. The molecule has 0 fully saturated rings. The Morgan fingerprint density at radius 2 is 1.59 bits per heavy atom. The number of anilines is 1. The van der Waals surface area contributed by atoms with Gasteiger partial charge in [-0.2, -0.15) is 0 Å². The summed E-state index contributed by atoms with van der Waals surface area (Å²) in [6, 6.07) is 17.8. The first-order chi connectivity index (χ1) is 10.8. The van der Waals surface area contributed by atoms with Crippen LogP contribution in [0.15, 0.2) is 75.4 Å². The van der Waals surface area contributed by atoms with Crippen LogP contribution in [0.5, 0.6) is 0 Å². The first kappa shape index (κ1) is 13.7. The quantitative estimate of drug-likeness (QED) is 0.582. The minimum Gasteiger partial charge on any atom is -0.392 e. The van der Waals surface area contributed by atoms with Crippen LogP contribution in [0.2, 0.25) is 0 Å². The Balaban J connectivity index is 1.86. The first-order valence-corrected chi connectivity index (χ1v) is 6.57. The predicted octanol–water partition coefficient (Wildman–Crippen LogP) is 3.90. The van der Waals surface area contributed by atoms with Gasteiger partial charge in [0, 0.05) is 5.56 Å². The molecule has 0 aliphatic rings. The topological polar surface area (TPSA) is 93.8 Å². The van der Waals surface area contributed by atoms with Crippen LogP contribution in [-0.4, -0.2) is 10.9 Å². The summed E-state index contributed by atoms with van der Waals surface area (Å²) in [6.45, 7) is 0. The normalized spacial score (nSPS) is 10.9. The molecule has 6 heteroatoms. The Morgan fingerprint density at radius 3 is 2.27 bits per heavy atom. The number of nitrogen functional groups attached to an aromatic ring is 1. The molecule has 0 unspecified atom stereocenters. The highest BCUT2D eigenvalue weighted by Gasteiger charge is 2.21. The van der Waals surface area contributed by atoms with Gasteiger partial charge in [0.25, 0.3) is 0 Å². The van der Waals surface area contributed by atoms with Gasteiger partial charge >= 0.3 is 0 Å². The van der Waals surface area contributed by atoms with Crippen molar-refractivity contribution in [3.8, 4) is 0 Å². The number of nitrogens with zero attached hydrogens (tertiary/aromatic N) is 3. The van der Waals surface area contributed by atoms with Gasteiger partial charge in [0.1, 0.15) is 5.69 Å². The lowest BCUT2D eigenvalue weighted by Crippen LogP contribution is -2.02. The molecule has 3 rings (SSSR count). The molecule has 2 aromatic carbocycles. The van der Waals surface area contributed by atoms with Crippen molar-refractivity contribution in [3.63, 3.8) is 0 Å². The maximum absolute atomic E-state index is 12.3. The van der Waals surface area contributed by atoms with Crippen molar-refractivity contribution in [3.05, 3.63) is 72.0 Å². The van der Waals surface area contributed by atoms with Crippen molar-refractivity contribution in [1.82, 2.24) is 5.16 Å². The monoisotopic (exact) mass is 292 g/mol. The Labute approximate surface area is 126 Å². The fourth-order valence-electron chi connectivity index (χ4n) is 1.85. The van der Waals surface area contributed by atoms with Gasteiger partial charge in [-0.1, -0.05) is 53.7 Å². The first-order valence-electron chi connectivity index (χ1n) is 6.57. The maximum Gasteiger partial charge on any atom is 0.240 e. The molecule has 0 bridgehead atoms. The third-order valence-corrected chi connectivity index (χ3v) is 2.97. The van der Waals surface area contributed by atoms with Crippen LogP contribution in [0.4, 0.5) is 17.2 Å². The number of carbonyl (C=O) groups is 1. The lowest BCUT2D eigenvalue weighted by Gasteiger charge is -1.96. The zero-order valence-corrected chi connectivity index (χ0v) is 11.5. The summed E-state index contributed by atoms with van der Waals surface area (Å²) < 4.78 is 5.02. The van der Waals surface area contributed by atoms with Crippen molar-refractivity contribution in [1.29, 1.82) is 0 Å². The summed E-state index contributed by atoms with van der Waals surface area (Å²) in [6.07, 6.45) is 0. The fraction of sp³-hybridized carbons (Fsp3) is 0. The van der Waals surface area contributed by atoms with Crippen LogP contribution in [0.3, 0.4) is 0 Å². The van der Waals surface area contributed by atoms with Crippen LogP contribution in [0, 0.1) is 0 Å². The minimum absolute atomic E-state index is 0.0341. The molecule has 0 saturated carbocycles. The average Bonchev–Trinajstić information content (AvgIpc) is 2.95. The molecule has 0 atom stereocenters. The van der Waals surface area contributed by atoms with E-state index in [2.05, 4.69) is 15.4 Å². The number of benzene rings is 2. The van der Waals surface area contributed by atoms with Crippen LogP contribution in [0.1, 0.15) is 16.1 Å². The lowest BCUT2D eigenvalue weighted by atomic mass is 10.1. The number of rotatable bonds is 4. The van der Waals surface area contributed by atoms with E-state index >= 15 is 0 Å². The molecule has 0 aliphatic heterocycles. The molecular formula is C16H12N4O2. The van der Waals surface area contributed by atoms with Gasteiger partial charge in [-0.15, -0.1) is 10.2 Å². The fourth-order valence-corrected chi connectivity index (χ4v) is 1.85. The van der Waals surface area contributed by atoms with E-state index in [4.69, 9.17) is 10.3 Å². The maximum atomic E-state index is 12.3. The van der Waals surface area contributed by atoms with Gasteiger partial charge in [0.15, 0.2) is 0 Å². The van der Waals surface area contributed by atoms with E-state index < -0.39 is 0 Å². The highest BCUT2D eigenvalue weighted by molar-refractivity contribution is 6.10. The number of carbonyl (C=O) groups excluding carboxylic acids is 1. The molecule has 1 heterocycles. The SMILES string of the molecule is Nc1c(N=Nc2ccccc2)noc1C(=O)c1ccccc1. The van der Waals surface area contributed by atoms with Gasteiger partial charge in [0.2, 0.25) is 17.4 Å². The number of aromatic nitrogens is 1. The van der Waals surface area contributed by atoms with Crippen LogP contribution in [0.25, 0.3) is 0 Å². The molecule has 0 radical (unpaired) electrons. The Morgan fingerprint density at radius 1 is 0.955 bits per heavy atom. The standard InChI is InChI=1S/C16H12N4O2/c17-13-15(14(21)11-7-3-1-4-8-11)22-20-16(13)19-18-12-9-5-2-6-10-12/h1-10H,17H2. The lowest BCUT2D eigenvalue weighted by molar-refractivity contribution is 0.100. The van der Waals surface area contributed by atoms with Crippen LogP contribution in [-0.2, 0) is 0 Å². The van der Waals surface area contributed by atoms with Gasteiger partial charge in [0.05, 0.1) is 5.69 Å². The van der Waals surface area contributed by atoms with E-state index in [9.17, 15) is 4.79 Å². The van der Waals surface area contributed by atoms with Crippen molar-refractivity contribution < 1.29 is 9.32 Å². The highest BCUT2D eigenvalue weighted by Crippen LogP contribution is 2.28. The van der Waals surface area contributed by atoms with Crippen LogP contribution < -0.4 is 5.73 Å². The van der Waals surface area contributed by atoms with E-state index in [1.165, 1.54) is 0 Å². The van der Waals surface area contributed by atoms with Gasteiger partial charge in [-0.3, -0.25) is 4.79 Å². The molecule has 22 heavy (non-hydrogen) atoms. The molecular weight excluding hydrogens is 280 g/mol. The molecule has 0 amide bonds. The van der Waals surface area contributed by atoms with E-state index in [1.54, 1.807) is 36.4 Å². The molecule has 0 aliphatic carbocycles. The van der Waals surface area contributed by atoms with Crippen molar-refractivity contribution >= 4 is 23.0 Å². The van der Waals surface area contributed by atoms with Gasteiger partial charge in [-0.25, -0.2) is 0 Å². The zero-order chi connectivity index (χ0) is 15.4. The zero-order valence-electron chi connectivity index (χ0n) is 11.5. The summed E-state index contributed by atoms with van der Waals surface area (Å²) in [5.41, 5.74) is 7.08. The number of hydrogen-bond acceptors (Lipinski definition) is 6. The molecule has 3 aromatic rings. The molecule has 6 nitrogen and oxygen atoms in total. The van der Waals surface area contributed by atoms with E-state index in [0.29, 0.717) is 11.3 Å². The van der Waals surface area contributed by atoms with Gasteiger partial charge < -0.3 is 10.3 Å². The number of hydrogen-bond donors (Lipinski definition) is 1. The Hall–Kier alpha value is -3.28. The van der Waals surface area contributed by atoms with Crippen molar-refractivity contribution in [2.75, 3.05) is 5.73 Å². The van der Waals surface area contributed by atoms with Crippen molar-refractivity contribution in [2.45, 2.75) is 0 Å². The largest absolute Gasteiger partial charge is 0.392 e. The third-order valence-electron chi connectivity index (χ3n) is 2.97. The summed E-state index contributed by atoms with van der Waals surface area (Å²) in [5, 5.41) is 11.6. The highest BCUT2D eigenvalue weighted by atomic mass is 16.5. The van der Waals surface area contributed by atoms with Gasteiger partial charge in [-0.05, 0) is 12.1 Å². The molecule has 2 N–H and O–H groups in total. The van der Waals surface area contributed by atoms with Crippen molar-refractivity contribution in [2.24, 2.45) is 10.2 Å². The average molecular weight is 292 g/mol. The summed E-state index contributed by atoms with van der Waals surface area (Å²) in [4.78, 5) is 12.3. The van der Waals surface area contributed by atoms with Crippen LogP contribution >= 0.6 is 0 Å². The predicted molar refractivity (Wildman–Crippen MR) is 81.4 cm³/mol. The van der Waals surface area contributed by atoms with E-state index in [1.807, 2.05) is 24.3 Å². The molecule has 1 aromatic heterocycles. The third kappa shape index (κ3) is 2.76. The summed E-state index contributed by atoms with van der Waals surface area (Å²) in [7, 11) is 0. The second-order valence-electron chi connectivity index (χ2n) is 4.48. The number of azo groups is 1. The Bertz CT molecular complexity index is 811. The number of ketones is 1. The van der Waals surface area contributed by atoms with E-state index in [0.717, 1.165) is 0 Å². The second kappa shape index (κ2) is 6.01.